The summed E-state index contributed by atoms with van der Waals surface area (Å²) in [6.07, 6.45) is 2.29. The number of benzene rings is 1. The molecule has 1 heterocycles. The fourth-order valence-electron chi connectivity index (χ4n) is 2.65. The summed E-state index contributed by atoms with van der Waals surface area (Å²) in [6.45, 7) is 8.47. The molecule has 0 radical (unpaired) electrons. The molecule has 2 rings (SSSR count). The molecule has 106 valence electrons. The average molecular weight is 373 g/mol. The van der Waals surface area contributed by atoms with Gasteiger partial charge in [0.1, 0.15) is 0 Å². The minimum absolute atomic E-state index is 0.293. The second kappa shape index (κ2) is 7.04. The van der Waals surface area contributed by atoms with E-state index in [1.54, 1.807) is 0 Å². The van der Waals surface area contributed by atoms with Crippen LogP contribution in [0.3, 0.4) is 0 Å². The molecule has 1 aromatic carbocycles. The van der Waals surface area contributed by atoms with Crippen LogP contribution in [0.15, 0.2) is 24.3 Å². The Morgan fingerprint density at radius 1 is 1.32 bits per heavy atom. The number of hydrogen-bond donors (Lipinski definition) is 1. The van der Waals surface area contributed by atoms with Crippen molar-refractivity contribution in [2.45, 2.75) is 26.7 Å². The van der Waals surface area contributed by atoms with Crippen molar-refractivity contribution in [2.24, 2.45) is 11.3 Å². The first-order valence-electron chi connectivity index (χ1n) is 7.13. The number of halogens is 1. The monoisotopic (exact) mass is 373 g/mol. The third kappa shape index (κ3) is 4.72. The summed E-state index contributed by atoms with van der Waals surface area (Å²) in [4.78, 5) is 0. The van der Waals surface area contributed by atoms with E-state index in [0.717, 1.165) is 32.7 Å². The third-order valence-corrected chi connectivity index (χ3v) is 4.45. The van der Waals surface area contributed by atoms with E-state index in [1.807, 2.05) is 0 Å². The van der Waals surface area contributed by atoms with Crippen molar-refractivity contribution in [2.75, 3.05) is 26.3 Å². The zero-order valence-corrected chi connectivity index (χ0v) is 14.1. The van der Waals surface area contributed by atoms with Crippen LogP contribution in [0.2, 0.25) is 0 Å². The van der Waals surface area contributed by atoms with Gasteiger partial charge in [0.25, 0.3) is 0 Å². The summed E-state index contributed by atoms with van der Waals surface area (Å²) in [5.74, 6) is 0.706. The van der Waals surface area contributed by atoms with Gasteiger partial charge in [-0.25, -0.2) is 0 Å². The van der Waals surface area contributed by atoms with Crippen molar-refractivity contribution < 1.29 is 4.74 Å². The van der Waals surface area contributed by atoms with Crippen LogP contribution in [0.1, 0.15) is 25.8 Å². The fraction of sp³-hybridized carbons (Fsp3) is 0.625. The first kappa shape index (κ1) is 15.3. The largest absolute Gasteiger partial charge is 0.381 e. The van der Waals surface area contributed by atoms with Crippen LogP contribution in [0, 0.1) is 14.9 Å². The highest BCUT2D eigenvalue weighted by Gasteiger charge is 2.34. The fourth-order valence-corrected chi connectivity index (χ4v) is 3.01. The van der Waals surface area contributed by atoms with Crippen molar-refractivity contribution in [1.29, 1.82) is 0 Å². The van der Waals surface area contributed by atoms with Crippen molar-refractivity contribution in [3.05, 3.63) is 33.4 Å². The third-order valence-electron chi connectivity index (χ3n) is 3.73. The van der Waals surface area contributed by atoms with Gasteiger partial charge >= 0.3 is 0 Å². The van der Waals surface area contributed by atoms with Gasteiger partial charge in [0.05, 0.1) is 6.61 Å². The van der Waals surface area contributed by atoms with E-state index in [1.165, 1.54) is 15.6 Å². The molecule has 0 aliphatic carbocycles. The summed E-state index contributed by atoms with van der Waals surface area (Å²) in [7, 11) is 0. The molecule has 0 amide bonds. The van der Waals surface area contributed by atoms with E-state index in [-0.39, 0.29) is 0 Å². The zero-order chi connectivity index (χ0) is 13.7. The van der Waals surface area contributed by atoms with Gasteiger partial charge in [-0.1, -0.05) is 26.0 Å². The quantitative estimate of drug-likeness (QED) is 0.771. The van der Waals surface area contributed by atoms with Crippen molar-refractivity contribution in [3.63, 3.8) is 0 Å². The van der Waals surface area contributed by atoms with Crippen LogP contribution in [-0.4, -0.2) is 26.3 Å². The van der Waals surface area contributed by atoms with Crippen LogP contribution >= 0.6 is 22.6 Å². The summed E-state index contributed by atoms with van der Waals surface area (Å²) in [6, 6.07) is 8.90. The Balaban J connectivity index is 1.96. The van der Waals surface area contributed by atoms with Crippen molar-refractivity contribution in [3.8, 4) is 0 Å². The predicted molar refractivity (Wildman–Crippen MR) is 88.4 cm³/mol. The molecule has 0 bridgehead atoms. The highest BCUT2D eigenvalue weighted by molar-refractivity contribution is 14.1. The molecule has 3 heteroatoms. The lowest BCUT2D eigenvalue weighted by atomic mass is 9.81. The van der Waals surface area contributed by atoms with Gasteiger partial charge in [-0.05, 0) is 65.6 Å². The van der Waals surface area contributed by atoms with Crippen LogP contribution < -0.4 is 5.32 Å². The Bertz CT molecular complexity index is 382. The SMILES string of the molecule is CC(C)CNCC1(Cc2ccc(I)cc2)CCOC1. The number of ether oxygens (including phenoxy) is 1. The molecule has 1 aliphatic rings. The molecule has 1 N–H and O–H groups in total. The van der Waals surface area contributed by atoms with Crippen molar-refractivity contribution >= 4 is 22.6 Å². The lowest BCUT2D eigenvalue weighted by Crippen LogP contribution is -2.38. The topological polar surface area (TPSA) is 21.3 Å². The molecule has 19 heavy (non-hydrogen) atoms. The first-order valence-corrected chi connectivity index (χ1v) is 8.20. The Morgan fingerprint density at radius 2 is 2.05 bits per heavy atom. The van der Waals surface area contributed by atoms with Crippen LogP contribution in [0.4, 0.5) is 0 Å². The van der Waals surface area contributed by atoms with Gasteiger partial charge in [-0.2, -0.15) is 0 Å². The molecule has 0 spiro atoms. The van der Waals surface area contributed by atoms with Gasteiger partial charge in [0.15, 0.2) is 0 Å². The van der Waals surface area contributed by atoms with Crippen molar-refractivity contribution in [1.82, 2.24) is 5.32 Å². The van der Waals surface area contributed by atoms with E-state index >= 15 is 0 Å². The molecule has 2 nitrogen and oxygen atoms in total. The highest BCUT2D eigenvalue weighted by Crippen LogP contribution is 2.32. The van der Waals surface area contributed by atoms with Gasteiger partial charge in [0.2, 0.25) is 0 Å². The second-order valence-electron chi connectivity index (χ2n) is 6.13. The molecule has 0 saturated carbocycles. The number of rotatable bonds is 6. The standard InChI is InChI=1S/C16H24INO/c1-13(2)10-18-11-16(7-8-19-12-16)9-14-3-5-15(17)6-4-14/h3-6,13,18H,7-12H2,1-2H3. The Labute approximate surface area is 130 Å². The first-order chi connectivity index (χ1) is 9.10. The van der Waals surface area contributed by atoms with Crippen LogP contribution in [0.25, 0.3) is 0 Å². The maximum Gasteiger partial charge on any atom is 0.0538 e. The number of nitrogens with one attached hydrogen (secondary N) is 1. The molecule has 1 unspecified atom stereocenters. The van der Waals surface area contributed by atoms with E-state index in [4.69, 9.17) is 4.74 Å². The molecule has 1 saturated heterocycles. The second-order valence-corrected chi connectivity index (χ2v) is 7.38. The van der Waals surface area contributed by atoms with E-state index in [9.17, 15) is 0 Å². The lowest BCUT2D eigenvalue weighted by molar-refractivity contribution is 0.148. The average Bonchev–Trinajstić information content (AvgIpc) is 2.81. The molecular formula is C16H24INO. The van der Waals surface area contributed by atoms with Gasteiger partial charge < -0.3 is 10.1 Å². The van der Waals surface area contributed by atoms with E-state index in [2.05, 4.69) is 66.0 Å². The van der Waals surface area contributed by atoms with Gasteiger partial charge in [0, 0.05) is 22.1 Å². The molecule has 1 aromatic rings. The summed E-state index contributed by atoms with van der Waals surface area (Å²) < 4.78 is 6.97. The summed E-state index contributed by atoms with van der Waals surface area (Å²) >= 11 is 2.36. The van der Waals surface area contributed by atoms with Crippen LogP contribution in [-0.2, 0) is 11.2 Å². The van der Waals surface area contributed by atoms with E-state index < -0.39 is 0 Å². The minimum Gasteiger partial charge on any atom is -0.381 e. The smallest absolute Gasteiger partial charge is 0.0538 e. The summed E-state index contributed by atoms with van der Waals surface area (Å²) in [5, 5.41) is 3.62. The minimum atomic E-state index is 0.293. The highest BCUT2D eigenvalue weighted by atomic mass is 127. The number of hydrogen-bond acceptors (Lipinski definition) is 2. The Hall–Kier alpha value is -0.130. The molecular weight excluding hydrogens is 349 g/mol. The lowest BCUT2D eigenvalue weighted by Gasteiger charge is -2.28. The molecule has 1 fully saturated rings. The van der Waals surface area contributed by atoms with Crippen LogP contribution in [0.5, 0.6) is 0 Å². The van der Waals surface area contributed by atoms with Gasteiger partial charge in [-0.3, -0.25) is 0 Å². The maximum absolute atomic E-state index is 5.67. The maximum atomic E-state index is 5.67. The summed E-state index contributed by atoms with van der Waals surface area (Å²) in [5.41, 5.74) is 1.72. The Morgan fingerprint density at radius 3 is 2.63 bits per heavy atom. The predicted octanol–water partition coefficient (Wildman–Crippen LogP) is 3.49. The molecule has 1 atom stereocenters. The molecule has 0 aromatic heterocycles. The normalized spacial score (nSPS) is 23.2. The molecule has 1 aliphatic heterocycles. The zero-order valence-electron chi connectivity index (χ0n) is 11.9. The van der Waals surface area contributed by atoms with E-state index in [0.29, 0.717) is 11.3 Å². The Kier molecular flexibility index (Phi) is 5.66. The van der Waals surface area contributed by atoms with Gasteiger partial charge in [-0.15, -0.1) is 0 Å².